The topological polar surface area (TPSA) is 64.6 Å². The number of hydrogen-bond donors (Lipinski definition) is 1. The first-order valence-corrected chi connectivity index (χ1v) is 10.5. The third-order valence-electron chi connectivity index (χ3n) is 4.36. The Labute approximate surface area is 183 Å². The van der Waals surface area contributed by atoms with Crippen LogP contribution >= 0.6 is 11.6 Å². The van der Waals surface area contributed by atoms with Gasteiger partial charge in [-0.25, -0.2) is 4.79 Å². The molecule has 1 N–H and O–H groups in total. The number of rotatable bonds is 12. The highest BCUT2D eigenvalue weighted by Crippen LogP contribution is 2.17. The minimum absolute atomic E-state index is 0.183. The Balaban J connectivity index is 1.58. The third-order valence-corrected chi connectivity index (χ3v) is 4.61. The van der Waals surface area contributed by atoms with Crippen LogP contribution in [0.25, 0.3) is 0 Å². The van der Waals surface area contributed by atoms with Crippen molar-refractivity contribution in [1.82, 2.24) is 0 Å². The Morgan fingerprint density at radius 1 is 0.900 bits per heavy atom. The van der Waals surface area contributed by atoms with Crippen LogP contribution in [0.4, 0.5) is 5.69 Å². The monoisotopic (exact) mass is 429 g/mol. The van der Waals surface area contributed by atoms with Gasteiger partial charge in [0.2, 0.25) is 0 Å². The Bertz CT molecular complexity index is 831. The lowest BCUT2D eigenvalue weighted by Crippen LogP contribution is -2.11. The molecule has 0 saturated carbocycles. The zero-order valence-electron chi connectivity index (χ0n) is 17.3. The standard InChI is InChI=1S/C24H28ClNO4/c1-18(2)24(28)30-17-7-5-3-4-6-16-29-22-14-8-19(9-15-22)23(27)26-21-12-10-20(25)11-13-21/h8-15H,1,3-7,16-17H2,2H3,(H,26,27). The smallest absolute Gasteiger partial charge is 0.333 e. The Morgan fingerprint density at radius 3 is 2.13 bits per heavy atom. The zero-order valence-corrected chi connectivity index (χ0v) is 18.0. The molecule has 5 nitrogen and oxygen atoms in total. The lowest BCUT2D eigenvalue weighted by atomic mass is 10.1. The van der Waals surface area contributed by atoms with E-state index in [0.29, 0.717) is 35.1 Å². The Kier molecular flexibility index (Phi) is 9.95. The van der Waals surface area contributed by atoms with Crippen molar-refractivity contribution in [3.8, 4) is 5.75 Å². The predicted octanol–water partition coefficient (Wildman–Crippen LogP) is 6.04. The van der Waals surface area contributed by atoms with Crippen molar-refractivity contribution < 1.29 is 19.1 Å². The second kappa shape index (κ2) is 12.7. The van der Waals surface area contributed by atoms with E-state index < -0.39 is 0 Å². The van der Waals surface area contributed by atoms with Crippen LogP contribution in [-0.2, 0) is 9.53 Å². The molecule has 2 aromatic carbocycles. The number of esters is 1. The molecule has 30 heavy (non-hydrogen) atoms. The fourth-order valence-corrected chi connectivity index (χ4v) is 2.78. The summed E-state index contributed by atoms with van der Waals surface area (Å²) in [5, 5.41) is 3.45. The second-order valence-corrected chi connectivity index (χ2v) is 7.45. The molecule has 0 aromatic heterocycles. The molecule has 0 saturated heterocycles. The Morgan fingerprint density at radius 2 is 1.50 bits per heavy atom. The number of halogens is 1. The van der Waals surface area contributed by atoms with Crippen LogP contribution in [0.5, 0.6) is 5.75 Å². The van der Waals surface area contributed by atoms with Crippen molar-refractivity contribution in [3.05, 3.63) is 71.3 Å². The van der Waals surface area contributed by atoms with E-state index in [1.54, 1.807) is 55.5 Å². The molecule has 0 aliphatic carbocycles. The minimum Gasteiger partial charge on any atom is -0.494 e. The molecule has 1 amide bonds. The van der Waals surface area contributed by atoms with Gasteiger partial charge in [0.1, 0.15) is 5.75 Å². The van der Waals surface area contributed by atoms with Crippen LogP contribution in [0.15, 0.2) is 60.7 Å². The number of ether oxygens (including phenoxy) is 2. The summed E-state index contributed by atoms with van der Waals surface area (Å²) in [7, 11) is 0. The molecule has 2 rings (SSSR count). The first-order valence-electron chi connectivity index (χ1n) is 10.1. The fourth-order valence-electron chi connectivity index (χ4n) is 2.65. The van der Waals surface area contributed by atoms with Crippen LogP contribution in [0.3, 0.4) is 0 Å². The number of carbonyl (C=O) groups is 2. The molecule has 0 aliphatic heterocycles. The highest BCUT2D eigenvalue weighted by Gasteiger charge is 2.06. The van der Waals surface area contributed by atoms with Crippen LogP contribution in [0, 0.1) is 0 Å². The molecule has 0 unspecified atom stereocenters. The van der Waals surface area contributed by atoms with Crippen molar-refractivity contribution in [2.75, 3.05) is 18.5 Å². The number of amides is 1. The van der Waals surface area contributed by atoms with Gasteiger partial charge in [-0.3, -0.25) is 4.79 Å². The van der Waals surface area contributed by atoms with E-state index in [1.165, 1.54) is 0 Å². The maximum absolute atomic E-state index is 12.3. The van der Waals surface area contributed by atoms with Gasteiger partial charge in [-0.15, -0.1) is 0 Å². The molecule has 160 valence electrons. The maximum atomic E-state index is 12.3. The van der Waals surface area contributed by atoms with Crippen molar-refractivity contribution >= 4 is 29.2 Å². The molecule has 0 bridgehead atoms. The number of nitrogens with one attached hydrogen (secondary N) is 1. The SMILES string of the molecule is C=C(C)C(=O)OCCCCCCCOc1ccc(C(=O)Nc2ccc(Cl)cc2)cc1. The largest absolute Gasteiger partial charge is 0.494 e. The van der Waals surface area contributed by atoms with Gasteiger partial charge < -0.3 is 14.8 Å². The molecule has 0 heterocycles. The van der Waals surface area contributed by atoms with Gasteiger partial charge in [0, 0.05) is 21.8 Å². The van der Waals surface area contributed by atoms with Gasteiger partial charge in [0.05, 0.1) is 13.2 Å². The number of carbonyl (C=O) groups excluding carboxylic acids is 2. The summed E-state index contributed by atoms with van der Waals surface area (Å²) < 4.78 is 10.8. The normalized spacial score (nSPS) is 10.3. The van der Waals surface area contributed by atoms with Gasteiger partial charge in [0.15, 0.2) is 0 Å². The first kappa shape index (κ1) is 23.5. The minimum atomic E-state index is -0.322. The number of unbranched alkanes of at least 4 members (excludes halogenated alkanes) is 4. The van der Waals surface area contributed by atoms with Crippen LogP contribution in [-0.4, -0.2) is 25.1 Å². The van der Waals surface area contributed by atoms with Gasteiger partial charge in [-0.1, -0.05) is 37.4 Å². The number of hydrogen-bond acceptors (Lipinski definition) is 4. The third kappa shape index (κ3) is 8.70. The summed E-state index contributed by atoms with van der Waals surface area (Å²) in [4.78, 5) is 23.5. The van der Waals surface area contributed by atoms with Crippen molar-refractivity contribution in [1.29, 1.82) is 0 Å². The lowest BCUT2D eigenvalue weighted by molar-refractivity contribution is -0.139. The van der Waals surface area contributed by atoms with E-state index in [1.807, 2.05) is 0 Å². The molecule has 6 heteroatoms. The quantitative estimate of drug-likeness (QED) is 0.254. The number of benzene rings is 2. The average molecular weight is 430 g/mol. The van der Waals surface area contributed by atoms with Gasteiger partial charge in [0.25, 0.3) is 5.91 Å². The van der Waals surface area contributed by atoms with Gasteiger partial charge >= 0.3 is 5.97 Å². The molecular weight excluding hydrogens is 402 g/mol. The molecule has 0 atom stereocenters. The van der Waals surface area contributed by atoms with Crippen LogP contribution in [0.1, 0.15) is 49.4 Å². The van der Waals surface area contributed by atoms with E-state index >= 15 is 0 Å². The Hall–Kier alpha value is -2.79. The fraction of sp³-hybridized carbons (Fsp3) is 0.333. The molecule has 0 spiro atoms. The predicted molar refractivity (Wildman–Crippen MR) is 120 cm³/mol. The van der Waals surface area contributed by atoms with E-state index in [-0.39, 0.29) is 11.9 Å². The molecule has 2 aromatic rings. The van der Waals surface area contributed by atoms with Crippen molar-refractivity contribution in [2.45, 2.75) is 39.0 Å². The average Bonchev–Trinajstić information content (AvgIpc) is 2.74. The van der Waals surface area contributed by atoms with Crippen LogP contribution < -0.4 is 10.1 Å². The summed E-state index contributed by atoms with van der Waals surface area (Å²) >= 11 is 5.85. The zero-order chi connectivity index (χ0) is 21.8. The molecule has 0 fully saturated rings. The summed E-state index contributed by atoms with van der Waals surface area (Å²) in [5.74, 6) is 0.236. The summed E-state index contributed by atoms with van der Waals surface area (Å²) in [6.45, 7) is 6.26. The van der Waals surface area contributed by atoms with E-state index in [9.17, 15) is 9.59 Å². The molecular formula is C24H28ClNO4. The van der Waals surface area contributed by atoms with Gasteiger partial charge in [-0.2, -0.15) is 0 Å². The van der Waals surface area contributed by atoms with Crippen molar-refractivity contribution in [2.24, 2.45) is 0 Å². The summed E-state index contributed by atoms with van der Waals surface area (Å²) in [5.41, 5.74) is 1.69. The summed E-state index contributed by atoms with van der Waals surface area (Å²) in [6, 6.07) is 14.1. The molecule has 0 radical (unpaired) electrons. The highest BCUT2D eigenvalue weighted by molar-refractivity contribution is 6.30. The highest BCUT2D eigenvalue weighted by atomic mass is 35.5. The van der Waals surface area contributed by atoms with E-state index in [0.717, 1.165) is 37.9 Å². The van der Waals surface area contributed by atoms with Gasteiger partial charge in [-0.05, 0) is 68.3 Å². The molecule has 0 aliphatic rings. The van der Waals surface area contributed by atoms with E-state index in [2.05, 4.69) is 11.9 Å². The van der Waals surface area contributed by atoms with Crippen molar-refractivity contribution in [3.63, 3.8) is 0 Å². The lowest BCUT2D eigenvalue weighted by Gasteiger charge is -2.08. The van der Waals surface area contributed by atoms with Crippen LogP contribution in [0.2, 0.25) is 5.02 Å². The second-order valence-electron chi connectivity index (χ2n) is 7.02. The van der Waals surface area contributed by atoms with E-state index in [4.69, 9.17) is 21.1 Å². The first-order chi connectivity index (χ1) is 14.5. The number of anilines is 1. The maximum Gasteiger partial charge on any atom is 0.333 e. The summed E-state index contributed by atoms with van der Waals surface area (Å²) in [6.07, 6.45) is 4.94.